The first-order valence-corrected chi connectivity index (χ1v) is 8.21. The lowest BCUT2D eigenvalue weighted by atomic mass is 10.3. The molecule has 19 heavy (non-hydrogen) atoms. The second kappa shape index (κ2) is 5.31. The highest BCUT2D eigenvalue weighted by Crippen LogP contribution is 2.34. The molecule has 2 rings (SSSR count). The first kappa shape index (κ1) is 14.6. The number of nitrogens with zero attached hydrogens (tertiary/aromatic N) is 1. The van der Waals surface area contributed by atoms with E-state index in [0.29, 0.717) is 17.5 Å². The number of rotatable bonds is 5. The summed E-state index contributed by atoms with van der Waals surface area (Å²) in [6.45, 7) is 4.33. The molecule has 106 valence electrons. The minimum Gasteiger partial charge on any atom is -0.398 e. The number of sulfonamides is 1. The van der Waals surface area contributed by atoms with Crippen LogP contribution in [0.4, 0.5) is 5.69 Å². The highest BCUT2D eigenvalue weighted by molar-refractivity contribution is 7.89. The van der Waals surface area contributed by atoms with E-state index in [4.69, 9.17) is 17.3 Å². The number of nitrogens with two attached hydrogens (primary N) is 1. The van der Waals surface area contributed by atoms with Crippen LogP contribution in [-0.2, 0) is 10.0 Å². The Labute approximate surface area is 119 Å². The molecule has 1 aromatic carbocycles. The zero-order valence-corrected chi connectivity index (χ0v) is 12.7. The summed E-state index contributed by atoms with van der Waals surface area (Å²) in [5.41, 5.74) is 6.00. The molecular formula is C13H19ClN2O2S. The van der Waals surface area contributed by atoms with Gasteiger partial charge in [-0.1, -0.05) is 11.6 Å². The average Bonchev–Trinajstić information content (AvgIpc) is 3.08. The summed E-state index contributed by atoms with van der Waals surface area (Å²) in [4.78, 5) is 0.145. The van der Waals surface area contributed by atoms with Gasteiger partial charge in [-0.15, -0.1) is 0 Å². The number of nitrogen functional groups attached to an aromatic ring is 1. The lowest BCUT2D eigenvalue weighted by Gasteiger charge is -2.26. The second-order valence-electron chi connectivity index (χ2n) is 5.29. The molecule has 0 atom stereocenters. The maximum Gasteiger partial charge on any atom is 0.245 e. The van der Waals surface area contributed by atoms with Gasteiger partial charge in [0, 0.05) is 17.6 Å². The van der Waals surface area contributed by atoms with Crippen LogP contribution in [0.25, 0.3) is 0 Å². The molecule has 1 aromatic rings. The minimum atomic E-state index is -3.55. The predicted molar refractivity (Wildman–Crippen MR) is 77.6 cm³/mol. The summed E-state index contributed by atoms with van der Waals surface area (Å²) in [6, 6.07) is 4.43. The van der Waals surface area contributed by atoms with E-state index in [9.17, 15) is 8.42 Å². The van der Waals surface area contributed by atoms with Crippen LogP contribution in [0.5, 0.6) is 0 Å². The van der Waals surface area contributed by atoms with Gasteiger partial charge in [0.2, 0.25) is 10.0 Å². The Morgan fingerprint density at radius 3 is 2.53 bits per heavy atom. The van der Waals surface area contributed by atoms with Crippen LogP contribution in [0, 0.1) is 5.92 Å². The van der Waals surface area contributed by atoms with Crippen molar-refractivity contribution >= 4 is 27.3 Å². The highest BCUT2D eigenvalue weighted by Gasteiger charge is 2.34. The predicted octanol–water partition coefficient (Wildman–Crippen LogP) is 2.73. The standard InChI is InChI=1S/C13H19ClN2O2S/c1-9(2)16(8-10-3-4-10)19(17,18)13-6-5-11(14)7-12(13)15/h5-7,9-10H,3-4,8,15H2,1-2H3. The smallest absolute Gasteiger partial charge is 0.245 e. The monoisotopic (exact) mass is 302 g/mol. The van der Waals surface area contributed by atoms with Gasteiger partial charge in [0.05, 0.1) is 5.69 Å². The topological polar surface area (TPSA) is 63.4 Å². The molecule has 2 N–H and O–H groups in total. The molecule has 0 heterocycles. The van der Waals surface area contributed by atoms with Gasteiger partial charge < -0.3 is 5.73 Å². The van der Waals surface area contributed by atoms with Crippen LogP contribution in [-0.4, -0.2) is 25.3 Å². The van der Waals surface area contributed by atoms with Gasteiger partial charge in [-0.25, -0.2) is 8.42 Å². The Morgan fingerprint density at radius 1 is 1.42 bits per heavy atom. The third kappa shape index (κ3) is 3.22. The molecule has 0 spiro atoms. The Morgan fingerprint density at radius 2 is 2.05 bits per heavy atom. The molecule has 0 bridgehead atoms. The Hall–Kier alpha value is -0.780. The molecule has 0 amide bonds. The van der Waals surface area contributed by atoms with E-state index in [-0.39, 0.29) is 16.6 Å². The van der Waals surface area contributed by atoms with E-state index in [1.54, 1.807) is 6.07 Å². The van der Waals surface area contributed by atoms with E-state index in [1.165, 1.54) is 16.4 Å². The molecule has 0 aliphatic heterocycles. The minimum absolute atomic E-state index is 0.0827. The van der Waals surface area contributed by atoms with Crippen LogP contribution in [0.15, 0.2) is 23.1 Å². The molecular weight excluding hydrogens is 284 g/mol. The fraction of sp³-hybridized carbons (Fsp3) is 0.538. The zero-order valence-electron chi connectivity index (χ0n) is 11.1. The fourth-order valence-electron chi connectivity index (χ4n) is 2.02. The van der Waals surface area contributed by atoms with Crippen molar-refractivity contribution in [1.29, 1.82) is 0 Å². The van der Waals surface area contributed by atoms with E-state index in [1.807, 2.05) is 13.8 Å². The molecule has 0 saturated heterocycles. The maximum absolute atomic E-state index is 12.7. The van der Waals surface area contributed by atoms with Crippen molar-refractivity contribution in [2.24, 2.45) is 5.92 Å². The van der Waals surface area contributed by atoms with Crippen molar-refractivity contribution in [3.63, 3.8) is 0 Å². The lowest BCUT2D eigenvalue weighted by Crippen LogP contribution is -2.38. The van der Waals surface area contributed by atoms with E-state index in [2.05, 4.69) is 0 Å². The van der Waals surface area contributed by atoms with Gasteiger partial charge in [-0.2, -0.15) is 4.31 Å². The van der Waals surface area contributed by atoms with Gasteiger partial charge in [0.1, 0.15) is 4.90 Å². The van der Waals surface area contributed by atoms with Gasteiger partial charge in [0.25, 0.3) is 0 Å². The number of anilines is 1. The average molecular weight is 303 g/mol. The van der Waals surface area contributed by atoms with Crippen LogP contribution in [0.1, 0.15) is 26.7 Å². The quantitative estimate of drug-likeness (QED) is 0.851. The zero-order chi connectivity index (χ0) is 14.2. The normalized spacial score (nSPS) is 16.3. The SMILES string of the molecule is CC(C)N(CC1CC1)S(=O)(=O)c1ccc(Cl)cc1N. The lowest BCUT2D eigenvalue weighted by molar-refractivity contribution is 0.342. The van der Waals surface area contributed by atoms with Crippen molar-refractivity contribution in [2.45, 2.75) is 37.6 Å². The molecule has 1 fully saturated rings. The summed E-state index contributed by atoms with van der Waals surface area (Å²) in [5, 5.41) is 0.440. The van der Waals surface area contributed by atoms with Crippen LogP contribution in [0.2, 0.25) is 5.02 Å². The molecule has 1 aliphatic rings. The van der Waals surface area contributed by atoms with Crippen LogP contribution in [0.3, 0.4) is 0 Å². The van der Waals surface area contributed by atoms with Crippen LogP contribution >= 0.6 is 11.6 Å². The second-order valence-corrected chi connectivity index (χ2v) is 7.59. The van der Waals surface area contributed by atoms with E-state index in [0.717, 1.165) is 12.8 Å². The van der Waals surface area contributed by atoms with Gasteiger partial charge in [-0.05, 0) is 50.8 Å². The molecule has 0 radical (unpaired) electrons. The van der Waals surface area contributed by atoms with Crippen molar-refractivity contribution in [1.82, 2.24) is 4.31 Å². The number of halogens is 1. The fourth-order valence-corrected chi connectivity index (χ4v) is 4.01. The number of hydrogen-bond donors (Lipinski definition) is 1. The first-order chi connectivity index (χ1) is 8.82. The molecule has 1 aliphatic carbocycles. The van der Waals surface area contributed by atoms with Crippen molar-refractivity contribution in [3.05, 3.63) is 23.2 Å². The van der Waals surface area contributed by atoms with E-state index < -0.39 is 10.0 Å². The Balaban J connectivity index is 2.37. The van der Waals surface area contributed by atoms with Gasteiger partial charge in [-0.3, -0.25) is 0 Å². The summed E-state index contributed by atoms with van der Waals surface area (Å²) >= 11 is 5.82. The molecule has 6 heteroatoms. The maximum atomic E-state index is 12.7. The first-order valence-electron chi connectivity index (χ1n) is 6.39. The molecule has 0 aromatic heterocycles. The summed E-state index contributed by atoms with van der Waals surface area (Å²) in [7, 11) is -3.55. The van der Waals surface area contributed by atoms with Gasteiger partial charge >= 0.3 is 0 Å². The third-order valence-corrected chi connectivity index (χ3v) is 5.62. The largest absolute Gasteiger partial charge is 0.398 e. The number of benzene rings is 1. The van der Waals surface area contributed by atoms with Crippen LogP contribution < -0.4 is 5.73 Å². The summed E-state index contributed by atoms with van der Waals surface area (Å²) in [5.74, 6) is 0.491. The Kier molecular flexibility index (Phi) is 4.08. The molecule has 0 unspecified atom stereocenters. The third-order valence-electron chi connectivity index (χ3n) is 3.27. The summed E-state index contributed by atoms with van der Waals surface area (Å²) in [6.07, 6.45) is 2.21. The summed E-state index contributed by atoms with van der Waals surface area (Å²) < 4.78 is 26.9. The van der Waals surface area contributed by atoms with E-state index >= 15 is 0 Å². The van der Waals surface area contributed by atoms with Crippen molar-refractivity contribution < 1.29 is 8.42 Å². The van der Waals surface area contributed by atoms with Gasteiger partial charge in [0.15, 0.2) is 0 Å². The highest BCUT2D eigenvalue weighted by atomic mass is 35.5. The van der Waals surface area contributed by atoms with Crippen molar-refractivity contribution in [3.8, 4) is 0 Å². The Bertz CT molecular complexity index is 568. The van der Waals surface area contributed by atoms with Crippen molar-refractivity contribution in [2.75, 3.05) is 12.3 Å². The molecule has 1 saturated carbocycles. The number of hydrogen-bond acceptors (Lipinski definition) is 3. The molecule has 4 nitrogen and oxygen atoms in total.